The van der Waals surface area contributed by atoms with Gasteiger partial charge in [0.15, 0.2) is 0 Å². The topological polar surface area (TPSA) is 86.7 Å². The molecule has 2 aromatic rings. The van der Waals surface area contributed by atoms with Gasteiger partial charge >= 0.3 is 5.97 Å². The fourth-order valence-electron chi connectivity index (χ4n) is 3.21. The molecule has 0 spiro atoms. The van der Waals surface area contributed by atoms with Crippen molar-refractivity contribution in [2.24, 2.45) is 0 Å². The Hall–Kier alpha value is -2.25. The van der Waals surface area contributed by atoms with Gasteiger partial charge in [0.25, 0.3) is 10.0 Å². The third kappa shape index (κ3) is 4.36. The first kappa shape index (κ1) is 19.5. The summed E-state index contributed by atoms with van der Waals surface area (Å²) in [6.07, 6.45) is 3.55. The number of hydrogen-bond acceptors (Lipinski definition) is 4. The summed E-state index contributed by atoms with van der Waals surface area (Å²) in [7, 11) is -4.07. The number of aryl methyl sites for hydroxylation is 1. The monoisotopic (exact) mass is 408 g/mol. The maximum absolute atomic E-state index is 12.7. The van der Waals surface area contributed by atoms with Gasteiger partial charge in [-0.05, 0) is 68.1 Å². The van der Waals surface area contributed by atoms with E-state index >= 15 is 0 Å². The van der Waals surface area contributed by atoms with E-state index in [0.29, 0.717) is 5.69 Å². The standard InChI is InChI=1S/C19H21ClN2O4S/c1-13-11-15(22-9-3-2-4-10-22)6-7-17(13)21-27(25,26)18-8-5-14(20)12-16(18)19(23)24/h5-8,11-12,21H,2-4,9-10H2,1H3,(H,23,24). The predicted molar refractivity (Wildman–Crippen MR) is 106 cm³/mol. The molecule has 0 radical (unpaired) electrons. The zero-order valence-electron chi connectivity index (χ0n) is 14.9. The first-order valence-electron chi connectivity index (χ1n) is 8.69. The quantitative estimate of drug-likeness (QED) is 0.776. The molecule has 0 amide bonds. The van der Waals surface area contributed by atoms with Crippen molar-refractivity contribution in [3.05, 3.63) is 52.5 Å². The lowest BCUT2D eigenvalue weighted by molar-refractivity contribution is 0.0692. The largest absolute Gasteiger partial charge is 0.478 e. The summed E-state index contributed by atoms with van der Waals surface area (Å²) in [5.74, 6) is -1.35. The minimum atomic E-state index is -4.07. The number of benzene rings is 2. The maximum atomic E-state index is 12.7. The summed E-state index contributed by atoms with van der Waals surface area (Å²) in [6.45, 7) is 3.82. The molecule has 27 heavy (non-hydrogen) atoms. The highest BCUT2D eigenvalue weighted by Crippen LogP contribution is 2.28. The zero-order valence-corrected chi connectivity index (χ0v) is 16.5. The second-order valence-corrected chi connectivity index (χ2v) is 8.69. The van der Waals surface area contributed by atoms with E-state index in [9.17, 15) is 18.3 Å². The van der Waals surface area contributed by atoms with Crippen LogP contribution in [0.25, 0.3) is 0 Å². The van der Waals surface area contributed by atoms with Crippen molar-refractivity contribution in [3.63, 3.8) is 0 Å². The molecule has 1 aliphatic rings. The van der Waals surface area contributed by atoms with Gasteiger partial charge in [-0.15, -0.1) is 0 Å². The van der Waals surface area contributed by atoms with E-state index in [4.69, 9.17) is 11.6 Å². The van der Waals surface area contributed by atoms with Gasteiger partial charge in [0.1, 0.15) is 4.90 Å². The zero-order chi connectivity index (χ0) is 19.6. The van der Waals surface area contributed by atoms with Crippen LogP contribution in [0.15, 0.2) is 41.3 Å². The van der Waals surface area contributed by atoms with E-state index in [2.05, 4.69) is 9.62 Å². The second kappa shape index (κ2) is 7.78. The van der Waals surface area contributed by atoms with Crippen LogP contribution in [0.2, 0.25) is 5.02 Å². The number of nitrogens with one attached hydrogen (secondary N) is 1. The molecule has 0 saturated carbocycles. The van der Waals surface area contributed by atoms with Gasteiger partial charge in [0.05, 0.1) is 11.3 Å². The Bertz CT molecular complexity index is 970. The van der Waals surface area contributed by atoms with Crippen LogP contribution in [0.3, 0.4) is 0 Å². The number of aromatic carboxylic acids is 1. The van der Waals surface area contributed by atoms with Gasteiger partial charge in [0, 0.05) is 23.8 Å². The number of anilines is 2. The Labute approximate surface area is 163 Å². The van der Waals surface area contributed by atoms with Gasteiger partial charge in [-0.1, -0.05) is 11.6 Å². The van der Waals surface area contributed by atoms with E-state index in [1.54, 1.807) is 6.07 Å². The summed E-state index contributed by atoms with van der Waals surface area (Å²) in [5.41, 5.74) is 1.89. The molecule has 0 unspecified atom stereocenters. The fraction of sp³-hybridized carbons (Fsp3) is 0.316. The second-order valence-electron chi connectivity index (χ2n) is 6.60. The van der Waals surface area contributed by atoms with E-state index in [1.165, 1.54) is 18.6 Å². The molecule has 0 aromatic heterocycles. The first-order chi connectivity index (χ1) is 12.8. The van der Waals surface area contributed by atoms with Crippen LogP contribution < -0.4 is 9.62 Å². The molecule has 3 rings (SSSR count). The summed E-state index contributed by atoms with van der Waals surface area (Å²) in [5, 5.41) is 9.46. The molecule has 1 fully saturated rings. The van der Waals surface area contributed by atoms with Gasteiger partial charge in [-0.2, -0.15) is 0 Å². The van der Waals surface area contributed by atoms with Crippen LogP contribution in [0.1, 0.15) is 35.2 Å². The molecule has 1 saturated heterocycles. The summed E-state index contributed by atoms with van der Waals surface area (Å²) in [6, 6.07) is 9.23. The Balaban J connectivity index is 1.89. The maximum Gasteiger partial charge on any atom is 0.337 e. The van der Waals surface area contributed by atoms with Crippen molar-refractivity contribution in [3.8, 4) is 0 Å². The minimum absolute atomic E-state index is 0.161. The molecule has 0 aliphatic carbocycles. The molecule has 1 heterocycles. The van der Waals surface area contributed by atoms with Crippen LogP contribution >= 0.6 is 11.6 Å². The molecule has 2 aromatic carbocycles. The Morgan fingerprint density at radius 3 is 2.44 bits per heavy atom. The average molecular weight is 409 g/mol. The van der Waals surface area contributed by atoms with Gasteiger partial charge in [-0.3, -0.25) is 4.72 Å². The third-order valence-electron chi connectivity index (χ3n) is 4.64. The number of halogens is 1. The van der Waals surface area contributed by atoms with Gasteiger partial charge in [-0.25, -0.2) is 13.2 Å². The number of piperidine rings is 1. The van der Waals surface area contributed by atoms with E-state index in [1.807, 2.05) is 19.1 Å². The smallest absolute Gasteiger partial charge is 0.337 e. The van der Waals surface area contributed by atoms with Crippen molar-refractivity contribution in [2.75, 3.05) is 22.7 Å². The number of sulfonamides is 1. The van der Waals surface area contributed by atoms with Crippen molar-refractivity contribution < 1.29 is 18.3 Å². The first-order valence-corrected chi connectivity index (χ1v) is 10.6. The Morgan fingerprint density at radius 2 is 1.81 bits per heavy atom. The van der Waals surface area contributed by atoms with Crippen LogP contribution in [0, 0.1) is 6.92 Å². The van der Waals surface area contributed by atoms with Crippen LogP contribution in [-0.4, -0.2) is 32.6 Å². The number of carbonyl (C=O) groups is 1. The van der Waals surface area contributed by atoms with Crippen LogP contribution in [-0.2, 0) is 10.0 Å². The highest BCUT2D eigenvalue weighted by Gasteiger charge is 2.23. The Morgan fingerprint density at radius 1 is 1.11 bits per heavy atom. The van der Waals surface area contributed by atoms with Crippen molar-refractivity contribution in [1.82, 2.24) is 0 Å². The molecule has 0 atom stereocenters. The number of carboxylic acid groups (broad SMARTS) is 1. The predicted octanol–water partition coefficient (Wildman–Crippen LogP) is 4.14. The lowest BCUT2D eigenvalue weighted by Gasteiger charge is -2.29. The Kier molecular flexibility index (Phi) is 5.62. The number of rotatable bonds is 5. The number of nitrogens with zero attached hydrogens (tertiary/aromatic N) is 1. The van der Waals surface area contributed by atoms with E-state index < -0.39 is 16.0 Å². The summed E-state index contributed by atoms with van der Waals surface area (Å²) in [4.78, 5) is 13.4. The SMILES string of the molecule is Cc1cc(N2CCCCC2)ccc1NS(=O)(=O)c1ccc(Cl)cc1C(=O)O. The lowest BCUT2D eigenvalue weighted by atomic mass is 10.1. The molecule has 2 N–H and O–H groups in total. The van der Waals surface area contributed by atoms with Gasteiger partial charge in [0.2, 0.25) is 0 Å². The molecular formula is C19H21ClN2O4S. The highest BCUT2D eigenvalue weighted by molar-refractivity contribution is 7.92. The van der Waals surface area contributed by atoms with E-state index in [0.717, 1.165) is 43.2 Å². The van der Waals surface area contributed by atoms with Crippen LogP contribution in [0.4, 0.5) is 11.4 Å². The fourth-order valence-corrected chi connectivity index (χ4v) is 4.70. The molecule has 144 valence electrons. The normalized spacial score (nSPS) is 14.8. The highest BCUT2D eigenvalue weighted by atomic mass is 35.5. The number of hydrogen-bond donors (Lipinski definition) is 2. The van der Waals surface area contributed by atoms with Gasteiger partial charge < -0.3 is 10.0 Å². The van der Waals surface area contributed by atoms with E-state index in [-0.39, 0.29) is 15.5 Å². The third-order valence-corrected chi connectivity index (χ3v) is 6.30. The van der Waals surface area contributed by atoms with Crippen molar-refractivity contribution in [2.45, 2.75) is 31.1 Å². The van der Waals surface area contributed by atoms with Crippen molar-refractivity contribution >= 4 is 39.0 Å². The molecule has 6 nitrogen and oxygen atoms in total. The summed E-state index contributed by atoms with van der Waals surface area (Å²) >= 11 is 5.80. The minimum Gasteiger partial charge on any atom is -0.478 e. The van der Waals surface area contributed by atoms with Crippen LogP contribution in [0.5, 0.6) is 0 Å². The average Bonchev–Trinajstić information content (AvgIpc) is 2.63. The van der Waals surface area contributed by atoms with Crippen molar-refractivity contribution in [1.29, 1.82) is 0 Å². The summed E-state index contributed by atoms with van der Waals surface area (Å²) < 4.78 is 28.0. The number of carboxylic acids is 1. The molecule has 1 aliphatic heterocycles. The molecular weight excluding hydrogens is 388 g/mol. The molecule has 8 heteroatoms. The lowest BCUT2D eigenvalue weighted by Crippen LogP contribution is -2.29. The molecule has 0 bridgehead atoms.